The molecule has 8 heteroatoms. The Hall–Kier alpha value is -2.74. The second-order valence-corrected chi connectivity index (χ2v) is 8.72. The molecule has 1 saturated carbocycles. The highest BCUT2D eigenvalue weighted by Crippen LogP contribution is 2.45. The highest BCUT2D eigenvalue weighted by Gasteiger charge is 2.32. The quantitative estimate of drug-likeness (QED) is 0.673. The molecule has 3 heterocycles. The molecular weight excluding hydrogens is 384 g/mol. The molecule has 0 spiro atoms. The van der Waals surface area contributed by atoms with Gasteiger partial charge in [-0.3, -0.25) is 9.48 Å². The van der Waals surface area contributed by atoms with E-state index >= 15 is 0 Å². The van der Waals surface area contributed by atoms with Gasteiger partial charge in [0.1, 0.15) is 5.82 Å². The lowest BCUT2D eigenvalue weighted by Crippen LogP contribution is -2.11. The van der Waals surface area contributed by atoms with Crippen molar-refractivity contribution in [3.05, 3.63) is 29.6 Å². The summed E-state index contributed by atoms with van der Waals surface area (Å²) in [4.78, 5) is 21.8. The van der Waals surface area contributed by atoms with E-state index in [4.69, 9.17) is 5.10 Å². The third-order valence-electron chi connectivity index (χ3n) is 5.78. The van der Waals surface area contributed by atoms with E-state index in [9.17, 15) is 4.79 Å². The standard InChI is InChI=1S/C21H24N6OS/c1-12(28)24-21-25-16-9-8-15-18(13-7-10-17(22-2)23-11-13)26-27(14-5-3-4-6-14)19(15)20(16)29-21/h7,10-11,14H,3-6,8-9H2,1-2H3,(H,22,23)(H,24,25,28). The smallest absolute Gasteiger partial charge is 0.223 e. The lowest BCUT2D eigenvalue weighted by molar-refractivity contribution is -0.114. The molecule has 0 aliphatic heterocycles. The van der Waals surface area contributed by atoms with Crippen LogP contribution in [0, 0.1) is 0 Å². The SMILES string of the molecule is CNc1ccc(-c2nn(C3CCCC3)c3c2CCc2nc(NC(C)=O)sc2-3)cn1. The van der Waals surface area contributed by atoms with E-state index in [0.717, 1.165) is 53.3 Å². The van der Waals surface area contributed by atoms with Crippen LogP contribution in [0.3, 0.4) is 0 Å². The van der Waals surface area contributed by atoms with Gasteiger partial charge in [0.25, 0.3) is 0 Å². The van der Waals surface area contributed by atoms with E-state index in [1.54, 1.807) is 11.3 Å². The van der Waals surface area contributed by atoms with Crippen molar-refractivity contribution in [3.8, 4) is 21.8 Å². The Morgan fingerprint density at radius 1 is 1.24 bits per heavy atom. The molecule has 150 valence electrons. The predicted molar refractivity (Wildman–Crippen MR) is 115 cm³/mol. The zero-order valence-corrected chi connectivity index (χ0v) is 17.5. The molecule has 1 amide bonds. The first-order chi connectivity index (χ1) is 14.1. The van der Waals surface area contributed by atoms with Gasteiger partial charge in [0, 0.05) is 31.3 Å². The molecule has 5 rings (SSSR count). The molecule has 0 bridgehead atoms. The Balaban J connectivity index is 1.65. The monoisotopic (exact) mass is 408 g/mol. The van der Waals surface area contributed by atoms with Crippen molar-refractivity contribution in [3.63, 3.8) is 0 Å². The minimum absolute atomic E-state index is 0.0861. The van der Waals surface area contributed by atoms with Crippen LogP contribution in [0.1, 0.15) is 49.9 Å². The number of nitrogens with one attached hydrogen (secondary N) is 2. The van der Waals surface area contributed by atoms with Gasteiger partial charge < -0.3 is 10.6 Å². The summed E-state index contributed by atoms with van der Waals surface area (Å²) in [6.45, 7) is 1.52. The van der Waals surface area contributed by atoms with Crippen molar-refractivity contribution in [2.75, 3.05) is 17.7 Å². The first-order valence-corrected chi connectivity index (χ1v) is 11.0. The molecule has 2 aliphatic carbocycles. The number of hydrogen-bond acceptors (Lipinski definition) is 6. The predicted octanol–water partition coefficient (Wildman–Crippen LogP) is 4.28. The van der Waals surface area contributed by atoms with Crippen LogP contribution in [-0.2, 0) is 17.6 Å². The number of amides is 1. The fourth-order valence-corrected chi connectivity index (χ4v) is 5.55. The minimum atomic E-state index is -0.0861. The van der Waals surface area contributed by atoms with Gasteiger partial charge in [-0.25, -0.2) is 9.97 Å². The van der Waals surface area contributed by atoms with Crippen molar-refractivity contribution in [2.45, 2.75) is 51.5 Å². The molecule has 2 aliphatic rings. The zero-order valence-electron chi connectivity index (χ0n) is 16.7. The van der Waals surface area contributed by atoms with Gasteiger partial charge in [-0.2, -0.15) is 5.10 Å². The lowest BCUT2D eigenvalue weighted by atomic mass is 9.95. The third-order valence-corrected chi connectivity index (χ3v) is 6.80. The van der Waals surface area contributed by atoms with Crippen LogP contribution in [0.5, 0.6) is 0 Å². The zero-order chi connectivity index (χ0) is 20.0. The number of rotatable bonds is 4. The summed E-state index contributed by atoms with van der Waals surface area (Å²) >= 11 is 1.56. The van der Waals surface area contributed by atoms with Gasteiger partial charge in [0.05, 0.1) is 28.0 Å². The summed E-state index contributed by atoms with van der Waals surface area (Å²) in [6, 6.07) is 4.51. The topological polar surface area (TPSA) is 84.7 Å². The normalized spacial score (nSPS) is 15.8. The average Bonchev–Trinajstić information content (AvgIpc) is 3.44. The van der Waals surface area contributed by atoms with Crippen LogP contribution in [0.15, 0.2) is 18.3 Å². The van der Waals surface area contributed by atoms with Crippen LogP contribution < -0.4 is 10.6 Å². The maximum Gasteiger partial charge on any atom is 0.223 e. The molecule has 3 aromatic heterocycles. The molecule has 7 nitrogen and oxygen atoms in total. The Kier molecular flexibility index (Phi) is 4.58. The van der Waals surface area contributed by atoms with E-state index < -0.39 is 0 Å². The van der Waals surface area contributed by atoms with Crippen LogP contribution in [0.2, 0.25) is 0 Å². The van der Waals surface area contributed by atoms with E-state index in [1.165, 1.54) is 31.0 Å². The first kappa shape index (κ1) is 18.3. The molecule has 2 N–H and O–H groups in total. The summed E-state index contributed by atoms with van der Waals surface area (Å²) < 4.78 is 2.25. The van der Waals surface area contributed by atoms with E-state index in [-0.39, 0.29) is 5.91 Å². The summed E-state index contributed by atoms with van der Waals surface area (Å²) in [5.41, 5.74) is 5.62. The number of hydrogen-bond donors (Lipinski definition) is 2. The van der Waals surface area contributed by atoms with Gasteiger partial charge in [-0.15, -0.1) is 0 Å². The largest absolute Gasteiger partial charge is 0.373 e. The summed E-state index contributed by atoms with van der Waals surface area (Å²) in [7, 11) is 1.87. The third kappa shape index (κ3) is 3.21. The van der Waals surface area contributed by atoms with Crippen molar-refractivity contribution in [1.29, 1.82) is 0 Å². The number of anilines is 2. The summed E-state index contributed by atoms with van der Waals surface area (Å²) in [6.07, 6.45) is 8.50. The fourth-order valence-electron chi connectivity index (χ4n) is 4.43. The van der Waals surface area contributed by atoms with Gasteiger partial charge in [-0.05, 0) is 37.8 Å². The van der Waals surface area contributed by atoms with E-state index in [0.29, 0.717) is 11.2 Å². The number of carbonyl (C=O) groups is 1. The van der Waals surface area contributed by atoms with Crippen molar-refractivity contribution in [1.82, 2.24) is 19.7 Å². The molecule has 3 aromatic rings. The molecule has 0 radical (unpaired) electrons. The highest BCUT2D eigenvalue weighted by atomic mass is 32.1. The molecule has 29 heavy (non-hydrogen) atoms. The molecule has 0 unspecified atom stereocenters. The Morgan fingerprint density at radius 3 is 2.76 bits per heavy atom. The first-order valence-electron chi connectivity index (χ1n) is 10.2. The number of fused-ring (bicyclic) bond motifs is 3. The van der Waals surface area contributed by atoms with Crippen LogP contribution in [-0.4, -0.2) is 32.7 Å². The van der Waals surface area contributed by atoms with E-state index in [2.05, 4.69) is 31.3 Å². The molecule has 0 atom stereocenters. The lowest BCUT2D eigenvalue weighted by Gasteiger charge is -2.17. The highest BCUT2D eigenvalue weighted by molar-refractivity contribution is 7.19. The van der Waals surface area contributed by atoms with Crippen LogP contribution in [0.25, 0.3) is 21.8 Å². The van der Waals surface area contributed by atoms with Crippen molar-refractivity contribution in [2.24, 2.45) is 0 Å². The average molecular weight is 409 g/mol. The molecule has 1 fully saturated rings. The number of aryl methyl sites for hydroxylation is 1. The maximum absolute atomic E-state index is 11.5. The number of thiazole rings is 1. The van der Waals surface area contributed by atoms with Crippen molar-refractivity contribution >= 4 is 28.2 Å². The van der Waals surface area contributed by atoms with Gasteiger partial charge in [0.2, 0.25) is 5.91 Å². The van der Waals surface area contributed by atoms with Gasteiger partial charge >= 0.3 is 0 Å². The van der Waals surface area contributed by atoms with E-state index in [1.807, 2.05) is 19.3 Å². The van der Waals surface area contributed by atoms with Crippen LogP contribution >= 0.6 is 11.3 Å². The summed E-state index contributed by atoms with van der Waals surface area (Å²) in [5.74, 6) is 0.763. The Bertz CT molecular complexity index is 1060. The Labute approximate surface area is 173 Å². The second kappa shape index (κ2) is 7.26. The Morgan fingerprint density at radius 2 is 2.07 bits per heavy atom. The molecule has 0 saturated heterocycles. The van der Waals surface area contributed by atoms with Gasteiger partial charge in [0.15, 0.2) is 5.13 Å². The maximum atomic E-state index is 11.5. The molecule has 0 aromatic carbocycles. The number of pyridine rings is 1. The minimum Gasteiger partial charge on any atom is -0.373 e. The number of carbonyl (C=O) groups excluding carboxylic acids is 1. The number of nitrogens with zero attached hydrogens (tertiary/aromatic N) is 4. The molecular formula is C21H24N6OS. The second-order valence-electron chi connectivity index (χ2n) is 7.72. The van der Waals surface area contributed by atoms with Gasteiger partial charge in [-0.1, -0.05) is 24.2 Å². The number of aromatic nitrogens is 4. The van der Waals surface area contributed by atoms with Crippen LogP contribution in [0.4, 0.5) is 10.9 Å². The van der Waals surface area contributed by atoms with Crippen molar-refractivity contribution < 1.29 is 4.79 Å². The fraction of sp³-hybridized carbons (Fsp3) is 0.429. The summed E-state index contributed by atoms with van der Waals surface area (Å²) in [5, 5.41) is 11.7.